The van der Waals surface area contributed by atoms with E-state index < -0.39 is 9.04 Å². The summed E-state index contributed by atoms with van der Waals surface area (Å²) in [5.74, 6) is 0. The van der Waals surface area contributed by atoms with Gasteiger partial charge in [-0.05, 0) is 47.0 Å². The van der Waals surface area contributed by atoms with Gasteiger partial charge in [-0.25, -0.2) is 0 Å². The Hall–Kier alpha value is -1.42. The van der Waals surface area contributed by atoms with Crippen molar-refractivity contribution in [1.29, 1.82) is 0 Å². The highest BCUT2D eigenvalue weighted by Gasteiger charge is 2.27. The minimum Gasteiger partial charge on any atom is -0.404 e. The average molecular weight is 354 g/mol. The SMILES string of the molecule is CC(C)(C)c1ccc([Si](OC2CCC(O)CC2)c2ccccc2)cc1. The van der Waals surface area contributed by atoms with Crippen molar-refractivity contribution in [2.75, 3.05) is 0 Å². The number of hydrogen-bond acceptors (Lipinski definition) is 2. The van der Waals surface area contributed by atoms with Gasteiger partial charge in [0.15, 0.2) is 0 Å². The maximum Gasteiger partial charge on any atom is 0.283 e. The van der Waals surface area contributed by atoms with Gasteiger partial charge in [0.1, 0.15) is 0 Å². The predicted molar refractivity (Wildman–Crippen MR) is 106 cm³/mol. The van der Waals surface area contributed by atoms with Gasteiger partial charge in [-0.2, -0.15) is 0 Å². The molecule has 1 radical (unpaired) electrons. The predicted octanol–water partition coefficient (Wildman–Crippen LogP) is 3.41. The van der Waals surface area contributed by atoms with Gasteiger partial charge >= 0.3 is 0 Å². The van der Waals surface area contributed by atoms with E-state index in [9.17, 15) is 5.11 Å². The van der Waals surface area contributed by atoms with Crippen molar-refractivity contribution in [2.24, 2.45) is 0 Å². The van der Waals surface area contributed by atoms with Crippen LogP contribution in [0.1, 0.15) is 52.0 Å². The van der Waals surface area contributed by atoms with Gasteiger partial charge in [0, 0.05) is 6.10 Å². The molecule has 0 amide bonds. The molecule has 0 spiro atoms. The Bertz CT molecular complexity index is 653. The molecule has 1 N–H and O–H groups in total. The van der Waals surface area contributed by atoms with Gasteiger partial charge in [0.2, 0.25) is 0 Å². The van der Waals surface area contributed by atoms with Crippen molar-refractivity contribution in [3.05, 3.63) is 60.2 Å². The second kappa shape index (κ2) is 7.86. The Morgan fingerprint density at radius 2 is 1.40 bits per heavy atom. The number of rotatable bonds is 4. The molecule has 0 heterocycles. The maximum atomic E-state index is 9.75. The molecule has 2 nitrogen and oxygen atoms in total. The fraction of sp³-hybridized carbons (Fsp3) is 0.455. The first-order chi connectivity index (χ1) is 11.9. The molecule has 2 aromatic rings. The van der Waals surface area contributed by atoms with Crippen LogP contribution in [0.25, 0.3) is 0 Å². The molecule has 0 saturated heterocycles. The lowest BCUT2D eigenvalue weighted by atomic mass is 9.87. The van der Waals surface area contributed by atoms with E-state index in [2.05, 4.69) is 75.4 Å². The van der Waals surface area contributed by atoms with Gasteiger partial charge in [-0.3, -0.25) is 0 Å². The Balaban J connectivity index is 1.84. The van der Waals surface area contributed by atoms with E-state index in [0.29, 0.717) is 0 Å². The van der Waals surface area contributed by atoms with Crippen molar-refractivity contribution < 1.29 is 9.53 Å². The van der Waals surface area contributed by atoms with Crippen LogP contribution in [0.2, 0.25) is 0 Å². The molecule has 3 heteroatoms. The number of aliphatic hydroxyl groups is 1. The minimum atomic E-state index is -1.26. The summed E-state index contributed by atoms with van der Waals surface area (Å²) in [6, 6.07) is 19.6. The molecular formula is C22H29O2Si. The highest BCUT2D eigenvalue weighted by atomic mass is 28.3. The quantitative estimate of drug-likeness (QED) is 0.854. The maximum absolute atomic E-state index is 9.75. The van der Waals surface area contributed by atoms with Gasteiger partial charge in [0.05, 0.1) is 6.10 Å². The van der Waals surface area contributed by atoms with Crippen molar-refractivity contribution in [1.82, 2.24) is 0 Å². The third kappa shape index (κ3) is 4.81. The number of hydrogen-bond donors (Lipinski definition) is 1. The highest BCUT2D eigenvalue weighted by molar-refractivity contribution is 6.80. The lowest BCUT2D eigenvalue weighted by Gasteiger charge is -2.29. The molecule has 0 aliphatic heterocycles. The summed E-state index contributed by atoms with van der Waals surface area (Å²) in [5.41, 5.74) is 1.52. The average Bonchev–Trinajstić information content (AvgIpc) is 2.61. The lowest BCUT2D eigenvalue weighted by molar-refractivity contribution is 0.0677. The van der Waals surface area contributed by atoms with Crippen molar-refractivity contribution in [3.8, 4) is 0 Å². The highest BCUT2D eigenvalue weighted by Crippen LogP contribution is 2.23. The van der Waals surface area contributed by atoms with E-state index in [0.717, 1.165) is 25.7 Å². The molecule has 1 fully saturated rings. The Kier molecular flexibility index (Phi) is 5.77. The van der Waals surface area contributed by atoms with Crippen LogP contribution in [-0.4, -0.2) is 26.4 Å². The van der Waals surface area contributed by atoms with Crippen molar-refractivity contribution >= 4 is 19.4 Å². The molecule has 1 aliphatic rings. The smallest absolute Gasteiger partial charge is 0.283 e. The molecule has 1 aliphatic carbocycles. The van der Waals surface area contributed by atoms with Crippen molar-refractivity contribution in [3.63, 3.8) is 0 Å². The molecule has 2 aromatic carbocycles. The van der Waals surface area contributed by atoms with Gasteiger partial charge in [-0.1, -0.05) is 75.4 Å². The zero-order valence-electron chi connectivity index (χ0n) is 15.5. The van der Waals surface area contributed by atoms with Crippen LogP contribution >= 0.6 is 0 Å². The summed E-state index contributed by atoms with van der Waals surface area (Å²) in [5, 5.41) is 12.3. The third-order valence-corrected chi connectivity index (χ3v) is 7.26. The fourth-order valence-electron chi connectivity index (χ4n) is 3.34. The molecule has 0 atom stereocenters. The van der Waals surface area contributed by atoms with E-state index in [1.807, 2.05) is 0 Å². The standard InChI is InChI=1S/C22H29O2Si/c1-22(2,3)17-9-15-21(16-10-17)25(20-7-5-4-6-8-20)24-19-13-11-18(23)12-14-19/h4-10,15-16,18-19,23H,11-14H2,1-3H3. The largest absolute Gasteiger partial charge is 0.404 e. The van der Waals surface area contributed by atoms with Gasteiger partial charge in [-0.15, -0.1) is 0 Å². The normalized spacial score (nSPS) is 21.5. The van der Waals surface area contributed by atoms with E-state index >= 15 is 0 Å². The molecule has 0 bridgehead atoms. The fourth-order valence-corrected chi connectivity index (χ4v) is 5.48. The Morgan fingerprint density at radius 3 is 1.96 bits per heavy atom. The summed E-state index contributed by atoms with van der Waals surface area (Å²) in [7, 11) is -1.26. The molecule has 3 rings (SSSR count). The van der Waals surface area contributed by atoms with Gasteiger partial charge < -0.3 is 9.53 Å². The first-order valence-electron chi connectivity index (χ1n) is 9.31. The molecule has 25 heavy (non-hydrogen) atoms. The number of benzene rings is 2. The van der Waals surface area contributed by atoms with E-state index in [4.69, 9.17) is 4.43 Å². The molecule has 0 aromatic heterocycles. The molecule has 133 valence electrons. The van der Waals surface area contributed by atoms with Crippen LogP contribution < -0.4 is 10.4 Å². The molecule has 0 unspecified atom stereocenters. The summed E-state index contributed by atoms with van der Waals surface area (Å²) in [6.07, 6.45) is 3.76. The lowest BCUT2D eigenvalue weighted by Crippen LogP contribution is -2.48. The van der Waals surface area contributed by atoms with Crippen LogP contribution in [0.5, 0.6) is 0 Å². The van der Waals surface area contributed by atoms with Crippen LogP contribution in [0.15, 0.2) is 54.6 Å². The van der Waals surface area contributed by atoms with Crippen LogP contribution in [0, 0.1) is 0 Å². The Labute approximate surface area is 153 Å². The van der Waals surface area contributed by atoms with E-state index in [1.165, 1.54) is 15.9 Å². The van der Waals surface area contributed by atoms with Crippen LogP contribution in [-0.2, 0) is 9.84 Å². The topological polar surface area (TPSA) is 29.5 Å². The summed E-state index contributed by atoms with van der Waals surface area (Å²) in [4.78, 5) is 0. The third-order valence-electron chi connectivity index (χ3n) is 4.98. The first kappa shape index (κ1) is 18.4. The van der Waals surface area contributed by atoms with E-state index in [-0.39, 0.29) is 17.6 Å². The summed E-state index contributed by atoms with van der Waals surface area (Å²) in [6.45, 7) is 6.73. The molecule has 1 saturated carbocycles. The zero-order chi connectivity index (χ0) is 17.9. The van der Waals surface area contributed by atoms with E-state index in [1.54, 1.807) is 0 Å². The zero-order valence-corrected chi connectivity index (χ0v) is 16.5. The second-order valence-corrected chi connectivity index (χ2v) is 10.1. The monoisotopic (exact) mass is 353 g/mol. The second-order valence-electron chi connectivity index (χ2n) is 8.07. The minimum absolute atomic E-state index is 0.140. The summed E-state index contributed by atoms with van der Waals surface area (Å²) < 4.78 is 6.63. The van der Waals surface area contributed by atoms with Crippen LogP contribution in [0.3, 0.4) is 0 Å². The van der Waals surface area contributed by atoms with Crippen LogP contribution in [0.4, 0.5) is 0 Å². The summed E-state index contributed by atoms with van der Waals surface area (Å²) >= 11 is 0. The first-order valence-corrected chi connectivity index (χ1v) is 10.7. The number of aliphatic hydroxyl groups excluding tert-OH is 1. The molecular weight excluding hydrogens is 324 g/mol. The Morgan fingerprint density at radius 1 is 0.840 bits per heavy atom. The van der Waals surface area contributed by atoms with Crippen molar-refractivity contribution in [2.45, 2.75) is 64.1 Å². The van der Waals surface area contributed by atoms with Gasteiger partial charge in [0.25, 0.3) is 9.04 Å².